The first kappa shape index (κ1) is 16.8. The second kappa shape index (κ2) is 6.97. The largest absolute Gasteiger partial charge is 0.393 e. The van der Waals surface area contributed by atoms with E-state index in [-0.39, 0.29) is 30.3 Å². The first-order chi connectivity index (χ1) is 9.74. The third-order valence-corrected chi connectivity index (χ3v) is 3.75. The van der Waals surface area contributed by atoms with Crippen LogP contribution in [0.15, 0.2) is 23.1 Å². The van der Waals surface area contributed by atoms with E-state index in [2.05, 4.69) is 4.72 Å². The van der Waals surface area contributed by atoms with Crippen LogP contribution in [0.5, 0.6) is 0 Å². The summed E-state index contributed by atoms with van der Waals surface area (Å²) in [7, 11) is -3.94. The molecule has 1 rings (SSSR count). The summed E-state index contributed by atoms with van der Waals surface area (Å²) < 4.78 is 30.7. The number of nitrogens with zero attached hydrogens (tertiary/aromatic N) is 1. The summed E-state index contributed by atoms with van der Waals surface area (Å²) in [6.07, 6.45) is 0. The van der Waals surface area contributed by atoms with Crippen LogP contribution in [0.4, 0.5) is 11.4 Å². The minimum atomic E-state index is -3.94. The van der Waals surface area contributed by atoms with Gasteiger partial charge in [0.1, 0.15) is 12.3 Å². The molecule has 0 fully saturated rings. The minimum absolute atomic E-state index is 0.0702. The number of sulfonamides is 1. The SMILES string of the molecule is NC(=O)COCCNS(=O)(=O)c1ccc(N)c([N+](=O)[O-])c1. The average molecular weight is 318 g/mol. The normalized spacial score (nSPS) is 11.2. The van der Waals surface area contributed by atoms with Gasteiger partial charge >= 0.3 is 0 Å². The van der Waals surface area contributed by atoms with Gasteiger partial charge in [0.2, 0.25) is 15.9 Å². The number of carbonyl (C=O) groups excluding carboxylic acids is 1. The van der Waals surface area contributed by atoms with Gasteiger partial charge in [-0.25, -0.2) is 13.1 Å². The molecule has 0 radical (unpaired) electrons. The van der Waals surface area contributed by atoms with E-state index in [1.807, 2.05) is 0 Å². The number of nitro groups is 1. The number of carbonyl (C=O) groups is 1. The van der Waals surface area contributed by atoms with Crippen molar-refractivity contribution < 1.29 is 22.9 Å². The highest BCUT2D eigenvalue weighted by Crippen LogP contribution is 2.24. The first-order valence-electron chi connectivity index (χ1n) is 5.63. The van der Waals surface area contributed by atoms with Gasteiger partial charge in [0.25, 0.3) is 5.69 Å². The second-order valence-corrected chi connectivity index (χ2v) is 5.66. The van der Waals surface area contributed by atoms with Gasteiger partial charge in [-0.05, 0) is 12.1 Å². The summed E-state index contributed by atoms with van der Waals surface area (Å²) in [5, 5.41) is 10.7. The van der Waals surface area contributed by atoms with Crippen LogP contribution in [-0.4, -0.2) is 39.0 Å². The number of primary amides is 1. The number of hydrogen-bond acceptors (Lipinski definition) is 7. The van der Waals surface area contributed by atoms with Crippen LogP contribution in [0.2, 0.25) is 0 Å². The van der Waals surface area contributed by atoms with Crippen molar-refractivity contribution in [2.45, 2.75) is 4.90 Å². The van der Waals surface area contributed by atoms with Crippen molar-refractivity contribution in [1.82, 2.24) is 4.72 Å². The van der Waals surface area contributed by atoms with Gasteiger partial charge in [-0.2, -0.15) is 0 Å². The monoisotopic (exact) mass is 318 g/mol. The molecule has 0 atom stereocenters. The fourth-order valence-corrected chi connectivity index (χ4v) is 2.39. The molecular formula is C10H14N4O6S. The van der Waals surface area contributed by atoms with E-state index in [9.17, 15) is 23.3 Å². The van der Waals surface area contributed by atoms with E-state index < -0.39 is 26.5 Å². The molecule has 11 heteroatoms. The van der Waals surface area contributed by atoms with Crippen LogP contribution in [0.3, 0.4) is 0 Å². The molecule has 0 aliphatic rings. The zero-order valence-corrected chi connectivity index (χ0v) is 11.6. The van der Waals surface area contributed by atoms with Gasteiger partial charge in [0, 0.05) is 12.6 Å². The van der Waals surface area contributed by atoms with Crippen molar-refractivity contribution in [2.24, 2.45) is 5.73 Å². The van der Waals surface area contributed by atoms with Gasteiger partial charge in [0.05, 0.1) is 16.4 Å². The Kier molecular flexibility index (Phi) is 5.58. The summed E-state index contributed by atoms with van der Waals surface area (Å²) in [6, 6.07) is 3.15. The van der Waals surface area contributed by atoms with Crippen LogP contribution < -0.4 is 16.2 Å². The standard InChI is InChI=1S/C10H14N4O6S/c11-8-2-1-7(5-9(8)14(16)17)21(18,19)13-3-4-20-6-10(12)15/h1-2,5,13H,3-4,6,11H2,(H2,12,15). The lowest BCUT2D eigenvalue weighted by Crippen LogP contribution is -2.29. The lowest BCUT2D eigenvalue weighted by atomic mass is 10.3. The molecule has 0 bridgehead atoms. The molecule has 0 unspecified atom stereocenters. The van der Waals surface area contributed by atoms with Crippen LogP contribution >= 0.6 is 0 Å². The Labute approximate surface area is 120 Å². The maximum Gasteiger partial charge on any atom is 0.293 e. The van der Waals surface area contributed by atoms with Crippen molar-refractivity contribution in [1.29, 1.82) is 0 Å². The fourth-order valence-electron chi connectivity index (χ4n) is 1.35. The lowest BCUT2D eigenvalue weighted by Gasteiger charge is -2.07. The van der Waals surface area contributed by atoms with Gasteiger partial charge in [-0.15, -0.1) is 0 Å². The molecule has 0 heterocycles. The number of ether oxygens (including phenoxy) is 1. The highest BCUT2D eigenvalue weighted by atomic mass is 32.2. The lowest BCUT2D eigenvalue weighted by molar-refractivity contribution is -0.384. The molecule has 1 aromatic rings. The Hall–Kier alpha value is -2.24. The van der Waals surface area contributed by atoms with E-state index in [0.29, 0.717) is 0 Å². The minimum Gasteiger partial charge on any atom is -0.393 e. The maximum atomic E-state index is 11.9. The summed E-state index contributed by atoms with van der Waals surface area (Å²) in [5.74, 6) is -0.674. The number of nitro benzene ring substituents is 1. The number of anilines is 1. The zero-order valence-electron chi connectivity index (χ0n) is 10.8. The number of nitrogens with two attached hydrogens (primary N) is 2. The molecule has 1 amide bonds. The smallest absolute Gasteiger partial charge is 0.293 e. The quantitative estimate of drug-likeness (QED) is 0.238. The van der Waals surface area contributed by atoms with Crippen LogP contribution in [0.1, 0.15) is 0 Å². The number of amides is 1. The van der Waals surface area contributed by atoms with E-state index in [1.165, 1.54) is 0 Å². The predicted molar refractivity (Wildman–Crippen MR) is 72.7 cm³/mol. The number of nitrogen functional groups attached to an aromatic ring is 1. The Morgan fingerprint density at radius 1 is 1.43 bits per heavy atom. The van der Waals surface area contributed by atoms with E-state index in [0.717, 1.165) is 18.2 Å². The Morgan fingerprint density at radius 3 is 2.67 bits per heavy atom. The molecule has 0 saturated carbocycles. The number of rotatable bonds is 8. The zero-order chi connectivity index (χ0) is 16.0. The number of hydrogen-bond donors (Lipinski definition) is 3. The highest BCUT2D eigenvalue weighted by molar-refractivity contribution is 7.89. The van der Waals surface area contributed by atoms with Crippen molar-refractivity contribution in [3.8, 4) is 0 Å². The van der Waals surface area contributed by atoms with E-state index in [1.54, 1.807) is 0 Å². The molecule has 0 aliphatic heterocycles. The summed E-state index contributed by atoms with van der Waals surface area (Å²) >= 11 is 0. The third-order valence-electron chi connectivity index (χ3n) is 2.29. The van der Waals surface area contributed by atoms with Crippen LogP contribution in [0, 0.1) is 10.1 Å². The van der Waals surface area contributed by atoms with E-state index >= 15 is 0 Å². The topological polar surface area (TPSA) is 168 Å². The molecule has 116 valence electrons. The summed E-state index contributed by atoms with van der Waals surface area (Å²) in [5.41, 5.74) is 9.58. The number of nitrogens with one attached hydrogen (secondary N) is 1. The number of benzene rings is 1. The highest BCUT2D eigenvalue weighted by Gasteiger charge is 2.19. The van der Waals surface area contributed by atoms with Crippen molar-refractivity contribution in [2.75, 3.05) is 25.5 Å². The predicted octanol–water partition coefficient (Wildman–Crippen LogP) is -1.04. The third kappa shape index (κ3) is 4.98. The van der Waals surface area contributed by atoms with Gasteiger partial charge in [0.15, 0.2) is 0 Å². The van der Waals surface area contributed by atoms with Crippen molar-refractivity contribution >= 4 is 27.3 Å². The second-order valence-electron chi connectivity index (χ2n) is 3.89. The van der Waals surface area contributed by atoms with Gasteiger partial charge in [-0.3, -0.25) is 14.9 Å². The summed E-state index contributed by atoms with van der Waals surface area (Å²) in [4.78, 5) is 20.0. The fraction of sp³-hybridized carbons (Fsp3) is 0.300. The molecule has 5 N–H and O–H groups in total. The van der Waals surface area contributed by atoms with Gasteiger partial charge < -0.3 is 16.2 Å². The van der Waals surface area contributed by atoms with Crippen LogP contribution in [0.25, 0.3) is 0 Å². The Bertz CT molecular complexity index is 645. The molecule has 0 aromatic heterocycles. The van der Waals surface area contributed by atoms with Gasteiger partial charge in [-0.1, -0.05) is 0 Å². The summed E-state index contributed by atoms with van der Waals surface area (Å²) in [6.45, 7) is -0.512. The molecular weight excluding hydrogens is 304 g/mol. The van der Waals surface area contributed by atoms with Crippen molar-refractivity contribution in [3.63, 3.8) is 0 Å². The van der Waals surface area contributed by atoms with Crippen LogP contribution in [-0.2, 0) is 19.6 Å². The molecule has 10 nitrogen and oxygen atoms in total. The molecule has 21 heavy (non-hydrogen) atoms. The molecule has 0 aliphatic carbocycles. The average Bonchev–Trinajstić information content (AvgIpc) is 2.37. The first-order valence-corrected chi connectivity index (χ1v) is 7.12. The Balaban J connectivity index is 2.72. The molecule has 1 aromatic carbocycles. The molecule has 0 saturated heterocycles. The maximum absolute atomic E-state index is 11.9. The Morgan fingerprint density at radius 2 is 2.10 bits per heavy atom. The van der Waals surface area contributed by atoms with E-state index in [4.69, 9.17) is 16.2 Å². The van der Waals surface area contributed by atoms with Crippen molar-refractivity contribution in [3.05, 3.63) is 28.3 Å². The molecule has 0 spiro atoms.